The molecule has 0 atom stereocenters. The number of thiophene rings is 1. The van der Waals surface area contributed by atoms with Gasteiger partial charge in [0.1, 0.15) is 5.54 Å². The van der Waals surface area contributed by atoms with E-state index < -0.39 is 11.5 Å². The van der Waals surface area contributed by atoms with E-state index in [4.69, 9.17) is 4.74 Å². The quantitative estimate of drug-likeness (QED) is 0.878. The Labute approximate surface area is 123 Å². The van der Waals surface area contributed by atoms with Crippen LogP contribution in [-0.2, 0) is 9.53 Å². The summed E-state index contributed by atoms with van der Waals surface area (Å²) in [5.41, 5.74) is -0.244. The first-order valence-electron chi connectivity index (χ1n) is 5.84. The van der Waals surface area contributed by atoms with E-state index in [0.29, 0.717) is 30.9 Å². The Morgan fingerprint density at radius 3 is 2.58 bits per heavy atom. The zero-order chi connectivity index (χ0) is 14.0. The van der Waals surface area contributed by atoms with Gasteiger partial charge < -0.3 is 15.2 Å². The molecule has 1 aromatic rings. The Kier molecular flexibility index (Phi) is 4.27. The van der Waals surface area contributed by atoms with Gasteiger partial charge in [-0.2, -0.15) is 0 Å². The van der Waals surface area contributed by atoms with Gasteiger partial charge in [-0.3, -0.25) is 4.79 Å². The highest BCUT2D eigenvalue weighted by molar-refractivity contribution is 9.11. The van der Waals surface area contributed by atoms with Crippen LogP contribution in [0.15, 0.2) is 9.85 Å². The Morgan fingerprint density at radius 2 is 2.11 bits per heavy atom. The number of hydrogen-bond donors (Lipinski definition) is 2. The predicted molar refractivity (Wildman–Crippen MR) is 74.6 cm³/mol. The second-order valence-electron chi connectivity index (χ2n) is 4.52. The number of halogens is 1. The van der Waals surface area contributed by atoms with Crippen molar-refractivity contribution in [2.24, 2.45) is 0 Å². The Balaban J connectivity index is 2.17. The van der Waals surface area contributed by atoms with Crippen molar-refractivity contribution in [3.63, 3.8) is 0 Å². The lowest BCUT2D eigenvalue weighted by atomic mass is 9.90. The average Bonchev–Trinajstić information content (AvgIpc) is 2.71. The smallest absolute Gasteiger partial charge is 0.329 e. The third-order valence-corrected chi connectivity index (χ3v) is 5.32. The third kappa shape index (κ3) is 2.98. The van der Waals surface area contributed by atoms with Crippen LogP contribution in [0.25, 0.3) is 0 Å². The van der Waals surface area contributed by atoms with E-state index in [0.717, 1.165) is 9.35 Å². The summed E-state index contributed by atoms with van der Waals surface area (Å²) < 4.78 is 6.05. The van der Waals surface area contributed by atoms with E-state index >= 15 is 0 Å². The molecule has 0 spiro atoms. The van der Waals surface area contributed by atoms with Gasteiger partial charge in [0.05, 0.1) is 8.66 Å². The molecule has 1 fully saturated rings. The summed E-state index contributed by atoms with van der Waals surface area (Å²) in [6.07, 6.45) is 0.583. The summed E-state index contributed by atoms with van der Waals surface area (Å²) in [6.45, 7) is 2.58. The largest absolute Gasteiger partial charge is 0.480 e. The SMILES string of the molecule is Cc1cc(C(=O)NC2(C(=O)O)CCOCC2)sc1Br. The fourth-order valence-corrected chi connectivity index (χ4v) is 3.39. The lowest BCUT2D eigenvalue weighted by molar-refractivity contribution is -0.148. The molecule has 0 unspecified atom stereocenters. The van der Waals surface area contributed by atoms with Gasteiger partial charge in [-0.25, -0.2) is 4.79 Å². The number of rotatable bonds is 3. The van der Waals surface area contributed by atoms with Crippen molar-refractivity contribution in [1.82, 2.24) is 5.32 Å². The van der Waals surface area contributed by atoms with E-state index in [1.54, 1.807) is 6.07 Å². The van der Waals surface area contributed by atoms with Crippen LogP contribution in [-0.4, -0.2) is 35.7 Å². The van der Waals surface area contributed by atoms with E-state index in [9.17, 15) is 14.7 Å². The Morgan fingerprint density at radius 1 is 1.47 bits per heavy atom. The molecule has 19 heavy (non-hydrogen) atoms. The van der Waals surface area contributed by atoms with Crippen molar-refractivity contribution >= 4 is 39.1 Å². The van der Waals surface area contributed by atoms with Crippen LogP contribution in [0.2, 0.25) is 0 Å². The van der Waals surface area contributed by atoms with Gasteiger partial charge in [0.2, 0.25) is 0 Å². The fraction of sp³-hybridized carbons (Fsp3) is 0.500. The van der Waals surface area contributed by atoms with Crippen molar-refractivity contribution in [3.05, 3.63) is 20.3 Å². The molecular weight excluding hydrogens is 334 g/mol. The molecule has 1 saturated heterocycles. The number of carboxylic acid groups (broad SMARTS) is 1. The van der Waals surface area contributed by atoms with Gasteiger partial charge in [-0.05, 0) is 34.5 Å². The van der Waals surface area contributed by atoms with Crippen molar-refractivity contribution in [3.8, 4) is 0 Å². The van der Waals surface area contributed by atoms with Crippen molar-refractivity contribution in [2.45, 2.75) is 25.3 Å². The molecule has 7 heteroatoms. The van der Waals surface area contributed by atoms with Crippen LogP contribution in [0.5, 0.6) is 0 Å². The Bertz CT molecular complexity index is 488. The lowest BCUT2D eigenvalue weighted by Gasteiger charge is -2.33. The third-order valence-electron chi connectivity index (χ3n) is 3.19. The van der Waals surface area contributed by atoms with Gasteiger partial charge in [0.25, 0.3) is 5.91 Å². The van der Waals surface area contributed by atoms with Crippen LogP contribution in [0.4, 0.5) is 0 Å². The minimum Gasteiger partial charge on any atom is -0.480 e. The Hall–Kier alpha value is -0.920. The van der Waals surface area contributed by atoms with Gasteiger partial charge >= 0.3 is 5.97 Å². The topological polar surface area (TPSA) is 75.6 Å². The van der Waals surface area contributed by atoms with Gasteiger partial charge in [-0.1, -0.05) is 0 Å². The zero-order valence-corrected chi connectivity index (χ0v) is 12.8. The standard InChI is InChI=1S/C12H14BrNO4S/c1-7-6-8(19-9(7)13)10(15)14-12(11(16)17)2-4-18-5-3-12/h6H,2-5H2,1H3,(H,14,15)(H,16,17). The van der Waals surface area contributed by atoms with Gasteiger partial charge in [0, 0.05) is 26.1 Å². The lowest BCUT2D eigenvalue weighted by Crippen LogP contribution is -2.57. The fourth-order valence-electron chi connectivity index (χ4n) is 1.96. The zero-order valence-electron chi connectivity index (χ0n) is 10.4. The number of hydrogen-bond acceptors (Lipinski definition) is 4. The molecular formula is C12H14BrNO4S. The molecule has 2 heterocycles. The number of ether oxygens (including phenoxy) is 1. The number of carbonyl (C=O) groups excluding carboxylic acids is 1. The normalized spacial score (nSPS) is 18.0. The number of amides is 1. The van der Waals surface area contributed by atoms with Crippen LogP contribution in [0.3, 0.4) is 0 Å². The number of carboxylic acids is 1. The number of nitrogens with one attached hydrogen (secondary N) is 1. The molecule has 1 aromatic heterocycles. The number of aryl methyl sites for hydroxylation is 1. The van der Waals surface area contributed by atoms with Gasteiger partial charge in [0.15, 0.2) is 0 Å². The highest BCUT2D eigenvalue weighted by Crippen LogP contribution is 2.28. The maximum absolute atomic E-state index is 12.2. The van der Waals surface area contributed by atoms with Crippen LogP contribution in [0, 0.1) is 6.92 Å². The molecule has 2 N–H and O–H groups in total. The second kappa shape index (κ2) is 5.60. The van der Waals surface area contributed by atoms with Crippen molar-refractivity contribution in [2.75, 3.05) is 13.2 Å². The van der Waals surface area contributed by atoms with E-state index in [2.05, 4.69) is 21.2 Å². The predicted octanol–water partition coefficient (Wildman–Crippen LogP) is 2.18. The summed E-state index contributed by atoms with van der Waals surface area (Å²) in [4.78, 5) is 24.1. The molecule has 0 aromatic carbocycles. The summed E-state index contributed by atoms with van der Waals surface area (Å²) in [6, 6.07) is 1.75. The molecule has 1 amide bonds. The molecule has 0 radical (unpaired) electrons. The second-order valence-corrected chi connectivity index (χ2v) is 6.89. The molecule has 2 rings (SSSR count). The molecule has 0 aliphatic carbocycles. The first-order valence-corrected chi connectivity index (χ1v) is 7.45. The minimum atomic E-state index is -1.21. The number of aliphatic carboxylic acids is 1. The molecule has 5 nitrogen and oxygen atoms in total. The van der Waals surface area contributed by atoms with Crippen molar-refractivity contribution < 1.29 is 19.4 Å². The molecule has 104 valence electrons. The maximum atomic E-state index is 12.2. The van der Waals surface area contributed by atoms with Crippen molar-refractivity contribution in [1.29, 1.82) is 0 Å². The maximum Gasteiger partial charge on any atom is 0.329 e. The summed E-state index contributed by atoms with van der Waals surface area (Å²) in [7, 11) is 0. The first-order chi connectivity index (χ1) is 8.94. The van der Waals surface area contributed by atoms with Gasteiger partial charge in [-0.15, -0.1) is 11.3 Å². The van der Waals surface area contributed by atoms with Crippen LogP contribution < -0.4 is 5.32 Å². The average molecular weight is 348 g/mol. The molecule has 1 aliphatic rings. The molecule has 1 aliphatic heterocycles. The monoisotopic (exact) mass is 347 g/mol. The van der Waals surface area contributed by atoms with E-state index in [-0.39, 0.29) is 5.91 Å². The van der Waals surface area contributed by atoms with E-state index in [1.165, 1.54) is 11.3 Å². The minimum absolute atomic E-state index is 0.291. The number of carbonyl (C=O) groups is 2. The van der Waals surface area contributed by atoms with E-state index in [1.807, 2.05) is 6.92 Å². The highest BCUT2D eigenvalue weighted by atomic mass is 79.9. The molecule has 0 bridgehead atoms. The summed E-state index contributed by atoms with van der Waals surface area (Å²) in [5.74, 6) is -1.35. The first kappa shape index (κ1) is 14.5. The van der Waals surface area contributed by atoms with Crippen LogP contribution in [0.1, 0.15) is 28.1 Å². The summed E-state index contributed by atoms with van der Waals surface area (Å²) >= 11 is 4.66. The summed E-state index contributed by atoms with van der Waals surface area (Å²) in [5, 5.41) is 12.0. The van der Waals surface area contributed by atoms with Crippen LogP contribution >= 0.6 is 27.3 Å². The molecule has 0 saturated carbocycles. The highest BCUT2D eigenvalue weighted by Gasteiger charge is 2.41.